The summed E-state index contributed by atoms with van der Waals surface area (Å²) in [5, 5.41) is 0. The molecule has 0 atom stereocenters. The van der Waals surface area contributed by atoms with Crippen molar-refractivity contribution in [2.45, 2.75) is 24.3 Å². The monoisotopic (exact) mass is 670 g/mol. The summed E-state index contributed by atoms with van der Waals surface area (Å²) in [5.41, 5.74) is -0.182. The SMILES string of the molecule is O=S(=O)(Cc1c(F)cc(C2=CCC=C2c2cc(F)cc(F)c2)cc1F)Cc1c(F)cc(C2=CCC=C2c2cc(F)cc(F)c2)cc1F. The maximum Gasteiger partial charge on any atom is 0.159 e. The summed E-state index contributed by atoms with van der Waals surface area (Å²) in [7, 11) is -4.55. The molecule has 0 aliphatic heterocycles. The lowest BCUT2D eigenvalue weighted by Crippen LogP contribution is -2.13. The molecule has 11 heteroatoms. The van der Waals surface area contributed by atoms with Gasteiger partial charge in [0.25, 0.3) is 0 Å². The first-order valence-electron chi connectivity index (χ1n) is 14.2. The van der Waals surface area contributed by atoms with E-state index in [-0.39, 0.29) is 33.4 Å². The first-order chi connectivity index (χ1) is 22.3. The molecule has 0 N–H and O–H groups in total. The second-order valence-electron chi connectivity index (χ2n) is 11.1. The highest BCUT2D eigenvalue weighted by atomic mass is 32.2. The average molecular weight is 671 g/mol. The van der Waals surface area contributed by atoms with Gasteiger partial charge in [-0.1, -0.05) is 24.3 Å². The molecule has 2 nitrogen and oxygen atoms in total. The molecular formula is C36H22F8O2S. The molecule has 4 aromatic rings. The Morgan fingerprint density at radius 1 is 0.404 bits per heavy atom. The van der Waals surface area contributed by atoms with Crippen molar-refractivity contribution in [1.29, 1.82) is 0 Å². The van der Waals surface area contributed by atoms with Crippen LogP contribution in [0.15, 0.2) is 85.0 Å². The van der Waals surface area contributed by atoms with Crippen LogP contribution in [0.5, 0.6) is 0 Å². The van der Waals surface area contributed by atoms with Gasteiger partial charge in [-0.3, -0.25) is 0 Å². The number of hydrogen-bond acceptors (Lipinski definition) is 2. The third-order valence-electron chi connectivity index (χ3n) is 7.85. The Bertz CT molecular complexity index is 1960. The smallest absolute Gasteiger partial charge is 0.159 e. The molecular weight excluding hydrogens is 648 g/mol. The molecule has 0 unspecified atom stereocenters. The van der Waals surface area contributed by atoms with Gasteiger partial charge in [0.1, 0.15) is 46.5 Å². The lowest BCUT2D eigenvalue weighted by Gasteiger charge is -2.14. The Balaban J connectivity index is 1.23. The number of benzene rings is 4. The molecule has 0 bridgehead atoms. The molecule has 2 aliphatic carbocycles. The van der Waals surface area contributed by atoms with Crippen LogP contribution in [-0.2, 0) is 21.3 Å². The number of rotatable bonds is 8. The predicted molar refractivity (Wildman–Crippen MR) is 163 cm³/mol. The lowest BCUT2D eigenvalue weighted by molar-refractivity contribution is 0.547. The molecule has 0 fully saturated rings. The number of allylic oxidation sites excluding steroid dienone is 8. The highest BCUT2D eigenvalue weighted by Gasteiger charge is 2.26. The van der Waals surface area contributed by atoms with Gasteiger partial charge in [-0.15, -0.1) is 0 Å². The van der Waals surface area contributed by atoms with Gasteiger partial charge in [-0.05, 0) is 106 Å². The van der Waals surface area contributed by atoms with Crippen LogP contribution in [0.1, 0.15) is 46.2 Å². The summed E-state index contributed by atoms with van der Waals surface area (Å²) in [6.07, 6.45) is 7.05. The Labute approximate surface area is 264 Å². The predicted octanol–water partition coefficient (Wildman–Crippen LogP) is 9.66. The van der Waals surface area contributed by atoms with E-state index in [1.807, 2.05) is 0 Å². The van der Waals surface area contributed by atoms with E-state index >= 15 is 17.6 Å². The van der Waals surface area contributed by atoms with Gasteiger partial charge in [0.2, 0.25) is 0 Å². The second-order valence-corrected chi connectivity index (χ2v) is 13.2. The van der Waals surface area contributed by atoms with Crippen molar-refractivity contribution in [3.63, 3.8) is 0 Å². The van der Waals surface area contributed by atoms with Crippen LogP contribution in [0, 0.1) is 46.5 Å². The molecule has 0 radical (unpaired) electrons. The van der Waals surface area contributed by atoms with Crippen molar-refractivity contribution in [3.05, 3.63) is 165 Å². The Morgan fingerprint density at radius 3 is 0.936 bits per heavy atom. The largest absolute Gasteiger partial charge is 0.228 e. The average Bonchev–Trinajstić information content (AvgIpc) is 3.66. The van der Waals surface area contributed by atoms with Gasteiger partial charge in [0.05, 0.1) is 11.5 Å². The van der Waals surface area contributed by atoms with Crippen molar-refractivity contribution >= 4 is 32.1 Å². The van der Waals surface area contributed by atoms with Crippen LogP contribution in [0.3, 0.4) is 0 Å². The summed E-state index contributed by atoms with van der Waals surface area (Å²) in [6.45, 7) is 0. The summed E-state index contributed by atoms with van der Waals surface area (Å²) in [6, 6.07) is 9.17. The van der Waals surface area contributed by atoms with Crippen molar-refractivity contribution in [2.24, 2.45) is 0 Å². The molecule has 0 amide bonds. The Morgan fingerprint density at radius 2 is 0.660 bits per heavy atom. The Hall–Kier alpha value is -4.77. The molecule has 2 aliphatic rings. The maximum absolute atomic E-state index is 15.2. The molecule has 4 aromatic carbocycles. The highest BCUT2D eigenvalue weighted by molar-refractivity contribution is 7.89. The third-order valence-corrected chi connectivity index (χ3v) is 9.30. The van der Waals surface area contributed by atoms with Crippen molar-refractivity contribution in [3.8, 4) is 0 Å². The topological polar surface area (TPSA) is 34.1 Å². The zero-order valence-corrected chi connectivity index (χ0v) is 25.0. The summed E-state index contributed by atoms with van der Waals surface area (Å²) < 4.78 is 142. The van der Waals surface area contributed by atoms with Crippen LogP contribution < -0.4 is 0 Å². The van der Waals surface area contributed by atoms with E-state index in [2.05, 4.69) is 0 Å². The second kappa shape index (κ2) is 12.4. The van der Waals surface area contributed by atoms with Gasteiger partial charge in [-0.2, -0.15) is 0 Å². The van der Waals surface area contributed by atoms with Crippen LogP contribution in [0.4, 0.5) is 35.1 Å². The van der Waals surface area contributed by atoms with Gasteiger partial charge in [0.15, 0.2) is 9.84 Å². The summed E-state index contributed by atoms with van der Waals surface area (Å²) in [4.78, 5) is 0. The first-order valence-corrected chi connectivity index (χ1v) is 16.0. The van der Waals surface area contributed by atoms with Crippen LogP contribution >= 0.6 is 0 Å². The van der Waals surface area contributed by atoms with Gasteiger partial charge < -0.3 is 0 Å². The quantitative estimate of drug-likeness (QED) is 0.175. The normalized spacial score (nSPS) is 14.6. The molecule has 0 aromatic heterocycles. The number of halogens is 8. The summed E-state index contributed by atoms with van der Waals surface area (Å²) in [5.74, 6) is -10.8. The Kier molecular flexibility index (Phi) is 8.52. The van der Waals surface area contributed by atoms with E-state index in [9.17, 15) is 26.0 Å². The van der Waals surface area contributed by atoms with E-state index in [0.29, 0.717) is 36.1 Å². The zero-order chi connectivity index (χ0) is 33.6. The third kappa shape index (κ3) is 6.71. The van der Waals surface area contributed by atoms with E-state index in [0.717, 1.165) is 48.5 Å². The van der Waals surface area contributed by atoms with Crippen molar-refractivity contribution < 1.29 is 43.5 Å². The fraction of sp³-hybridized carbons (Fsp3) is 0.111. The maximum atomic E-state index is 15.2. The molecule has 240 valence electrons. The molecule has 47 heavy (non-hydrogen) atoms. The van der Waals surface area contributed by atoms with Crippen molar-refractivity contribution in [1.82, 2.24) is 0 Å². The lowest BCUT2D eigenvalue weighted by atomic mass is 9.94. The first kappa shape index (κ1) is 32.2. The van der Waals surface area contributed by atoms with E-state index in [4.69, 9.17) is 0 Å². The number of sulfone groups is 1. The van der Waals surface area contributed by atoms with E-state index in [1.165, 1.54) is 0 Å². The minimum absolute atomic E-state index is 0.00198. The highest BCUT2D eigenvalue weighted by Crippen LogP contribution is 2.40. The van der Waals surface area contributed by atoms with Gasteiger partial charge in [-0.25, -0.2) is 43.5 Å². The molecule has 0 saturated carbocycles. The van der Waals surface area contributed by atoms with Crippen molar-refractivity contribution in [2.75, 3.05) is 0 Å². The zero-order valence-electron chi connectivity index (χ0n) is 24.2. The number of hydrogen-bond donors (Lipinski definition) is 0. The standard InChI is InChI=1S/C36H22F8O2S/c37-23-7-19(8-24(38)15-23)27-3-1-5-29(27)21-11-33(41)31(34(42)12-21)17-47(45,46)18-32-35(43)13-22(14-36(32)44)30-6-2-4-28(30)20-9-25(39)16-26(40)10-20/h3-16H,1-2,17-18H2. The fourth-order valence-electron chi connectivity index (χ4n) is 5.82. The fourth-order valence-corrected chi connectivity index (χ4v) is 7.36. The molecule has 0 heterocycles. The summed E-state index contributed by atoms with van der Waals surface area (Å²) >= 11 is 0. The minimum Gasteiger partial charge on any atom is -0.228 e. The van der Waals surface area contributed by atoms with Crippen LogP contribution in [0.25, 0.3) is 22.3 Å². The van der Waals surface area contributed by atoms with E-state index in [1.54, 1.807) is 24.3 Å². The van der Waals surface area contributed by atoms with Crippen LogP contribution in [0.2, 0.25) is 0 Å². The van der Waals surface area contributed by atoms with Gasteiger partial charge in [0, 0.05) is 23.3 Å². The molecule has 6 rings (SSSR count). The molecule has 0 spiro atoms. The van der Waals surface area contributed by atoms with Crippen LogP contribution in [-0.4, -0.2) is 8.42 Å². The minimum atomic E-state index is -4.55. The van der Waals surface area contributed by atoms with E-state index < -0.39 is 79.0 Å². The molecule has 0 saturated heterocycles. The van der Waals surface area contributed by atoms with Gasteiger partial charge >= 0.3 is 0 Å².